The van der Waals surface area contributed by atoms with Gasteiger partial charge in [0, 0.05) is 0 Å². The van der Waals surface area contributed by atoms with Gasteiger partial charge in [-0.3, -0.25) is 0 Å². The average molecular weight is 457 g/mol. The second-order valence-corrected chi connectivity index (χ2v) is 14.1. The van der Waals surface area contributed by atoms with E-state index in [-0.39, 0.29) is 24.0 Å². The molecule has 1 heterocycles. The average Bonchev–Trinajstić information content (AvgIpc) is 2.46. The first kappa shape index (κ1) is 16.9. The summed E-state index contributed by atoms with van der Waals surface area (Å²) in [5, 5.41) is 1.35. The predicted molar refractivity (Wildman–Crippen MR) is 89.1 cm³/mol. The number of halogens is 1. The molecular formula is C18H23AsIO. The molecule has 1 aliphatic heterocycles. The molecule has 1 aliphatic rings. The maximum Gasteiger partial charge on any atom is -1.00 e. The molecular weight excluding hydrogens is 434 g/mol. The van der Waals surface area contributed by atoms with Gasteiger partial charge < -0.3 is 24.0 Å². The zero-order valence-corrected chi connectivity index (χ0v) is 16.9. The summed E-state index contributed by atoms with van der Waals surface area (Å²) < 4.78 is 7.97. The Morgan fingerprint density at radius 2 is 1.38 bits per heavy atom. The number of aromatic hydroxyl groups is 2. The first-order valence-corrected chi connectivity index (χ1v) is 12.5. The molecule has 2 aromatic rings. The first-order chi connectivity index (χ1) is 9.61. The smallest absolute Gasteiger partial charge is 1.00 e. The van der Waals surface area contributed by atoms with Crippen molar-refractivity contribution in [1.29, 1.82) is 0 Å². The van der Waals surface area contributed by atoms with Crippen LogP contribution in [0.4, 0.5) is 0 Å². The molecule has 0 saturated heterocycles. The molecule has 3 rings (SSSR count). The van der Waals surface area contributed by atoms with E-state index in [1.54, 1.807) is 8.70 Å². The quantitative estimate of drug-likeness (QED) is 0.370. The van der Waals surface area contributed by atoms with E-state index in [1.807, 2.05) is 0 Å². The van der Waals surface area contributed by atoms with Crippen molar-refractivity contribution in [1.82, 2.24) is 0 Å². The molecule has 1 nitrogen and oxygen atoms in total. The van der Waals surface area contributed by atoms with Gasteiger partial charge in [0.2, 0.25) is 0 Å². The Kier molecular flexibility index (Phi) is 5.42. The minimum Gasteiger partial charge on any atom is -1.00 e. The molecule has 3 heteroatoms. The van der Waals surface area contributed by atoms with E-state index >= 15 is 0 Å². The number of ether oxygens (including phenoxy) is 1. The van der Waals surface area contributed by atoms with Crippen molar-refractivity contribution < 1.29 is 28.7 Å². The van der Waals surface area contributed by atoms with Gasteiger partial charge >= 0.3 is 124 Å². The van der Waals surface area contributed by atoms with Crippen molar-refractivity contribution in [2.24, 2.45) is 5.92 Å². The third kappa shape index (κ3) is 3.17. The summed E-state index contributed by atoms with van der Waals surface area (Å²) in [5.41, 5.74) is 2.55. The molecule has 21 heavy (non-hydrogen) atoms. The van der Waals surface area contributed by atoms with Crippen molar-refractivity contribution in [3.63, 3.8) is 0 Å². The molecule has 0 aliphatic carbocycles. The van der Waals surface area contributed by atoms with Crippen LogP contribution < -0.4 is 32.7 Å². The number of benzene rings is 2. The van der Waals surface area contributed by atoms with Gasteiger partial charge in [0.05, 0.1) is 0 Å². The van der Waals surface area contributed by atoms with Gasteiger partial charge in [0.1, 0.15) is 0 Å². The summed E-state index contributed by atoms with van der Waals surface area (Å²) in [6, 6.07) is 17.6. The Hall–Kier alpha value is -0.472. The Morgan fingerprint density at radius 1 is 0.905 bits per heavy atom. The van der Waals surface area contributed by atoms with Crippen LogP contribution >= 0.6 is 0 Å². The topological polar surface area (TPSA) is 12.8 Å². The second-order valence-electron chi connectivity index (χ2n) is 6.19. The minimum atomic E-state index is -2.04. The summed E-state index contributed by atoms with van der Waals surface area (Å²) in [5.74, 6) is 3.20. The van der Waals surface area contributed by atoms with Gasteiger partial charge in [-0.15, -0.1) is 0 Å². The largest absolute Gasteiger partial charge is 1.00 e. The molecule has 0 spiro atoms. The molecule has 0 amide bonds. The van der Waals surface area contributed by atoms with Gasteiger partial charge in [-0.05, 0) is 0 Å². The fourth-order valence-electron chi connectivity index (χ4n) is 2.97. The maximum atomic E-state index is 4.87. The predicted octanol–water partition coefficient (Wildman–Crippen LogP) is 0.898. The van der Waals surface area contributed by atoms with Crippen molar-refractivity contribution in [3.8, 4) is 11.5 Å². The standard InChI is InChI=1S/C18H22AsO.HI/c1-14(2)12-13-19(3)15-8-4-6-10-17(15)20-18-11-7-5-9-16(18)19;/h4-11,14H,12-13H2,1-3H3;1H. The van der Waals surface area contributed by atoms with E-state index < -0.39 is 13.6 Å². The minimum absolute atomic E-state index is 0. The fraction of sp³-hybridized carbons (Fsp3) is 0.333. The number of hydrogen-bond acceptors (Lipinski definition) is 0. The van der Waals surface area contributed by atoms with Crippen LogP contribution in [-0.2, 0) is 0 Å². The normalized spacial score (nSPS) is 14.7. The summed E-state index contributed by atoms with van der Waals surface area (Å²) in [6.45, 7) is 4.65. The molecule has 0 fully saturated rings. The van der Waals surface area contributed by atoms with Crippen LogP contribution in [-0.4, -0.2) is 18.3 Å². The van der Waals surface area contributed by atoms with Gasteiger partial charge in [0.15, 0.2) is 0 Å². The molecule has 2 aromatic carbocycles. The molecule has 1 radical (unpaired) electrons. The molecule has 0 saturated carbocycles. The summed E-state index contributed by atoms with van der Waals surface area (Å²) in [7, 11) is 0. The van der Waals surface area contributed by atoms with Crippen molar-refractivity contribution >= 4 is 22.3 Å². The van der Waals surface area contributed by atoms with Crippen LogP contribution in [0.2, 0.25) is 10.9 Å². The molecule has 0 unspecified atom stereocenters. The van der Waals surface area contributed by atoms with Crippen LogP contribution in [0, 0.1) is 5.92 Å². The van der Waals surface area contributed by atoms with Gasteiger partial charge in [-0.25, -0.2) is 0 Å². The molecule has 1 N–H and O–H groups in total. The molecule has 113 valence electrons. The number of para-hydroxylation sites is 2. The number of fused-ring (bicyclic) bond motifs is 2. The van der Waals surface area contributed by atoms with Crippen LogP contribution in [0.1, 0.15) is 20.3 Å². The molecule has 0 atom stereocenters. The molecule has 0 bridgehead atoms. The summed E-state index contributed by atoms with van der Waals surface area (Å²) >= 11 is -2.04. The Bertz CT molecular complexity index is 579. The monoisotopic (exact) mass is 457 g/mol. The van der Waals surface area contributed by atoms with E-state index in [9.17, 15) is 0 Å². The van der Waals surface area contributed by atoms with E-state index in [2.05, 4.69) is 68.1 Å². The zero-order valence-electron chi connectivity index (χ0n) is 12.9. The van der Waals surface area contributed by atoms with E-state index in [0.29, 0.717) is 0 Å². The van der Waals surface area contributed by atoms with Gasteiger partial charge in [-0.1, -0.05) is 0 Å². The SMILES string of the molecule is CC(C)CC[As]1(C)c2ccccc2[OH+]c2ccccc21.[I-]. The van der Waals surface area contributed by atoms with Crippen molar-refractivity contribution in [2.45, 2.75) is 31.2 Å². The van der Waals surface area contributed by atoms with Crippen molar-refractivity contribution in [3.05, 3.63) is 48.5 Å². The third-order valence-electron chi connectivity index (χ3n) is 4.22. The summed E-state index contributed by atoms with van der Waals surface area (Å²) in [4.78, 5) is 0. The van der Waals surface area contributed by atoms with Crippen LogP contribution in [0.3, 0.4) is 0 Å². The third-order valence-corrected chi connectivity index (χ3v) is 12.7. The van der Waals surface area contributed by atoms with Crippen LogP contribution in [0.15, 0.2) is 48.5 Å². The zero-order chi connectivity index (χ0) is 14.2. The second kappa shape index (κ2) is 6.74. The van der Waals surface area contributed by atoms with Crippen molar-refractivity contribution in [2.75, 3.05) is 0 Å². The fourth-order valence-corrected chi connectivity index (χ4v) is 11.1. The summed E-state index contributed by atoms with van der Waals surface area (Å²) in [6.07, 6.45) is 1.31. The Labute approximate surface area is 147 Å². The maximum absolute atomic E-state index is 4.87. The molecule has 0 aromatic heterocycles. The Morgan fingerprint density at radius 3 is 1.86 bits per heavy atom. The first-order valence-electron chi connectivity index (χ1n) is 7.38. The van der Waals surface area contributed by atoms with E-state index in [1.165, 1.54) is 23.1 Å². The van der Waals surface area contributed by atoms with E-state index in [0.717, 1.165) is 5.92 Å². The Balaban J connectivity index is 0.00000161. The van der Waals surface area contributed by atoms with Crippen LogP contribution in [0.5, 0.6) is 11.5 Å². The van der Waals surface area contributed by atoms with Gasteiger partial charge in [0.25, 0.3) is 0 Å². The number of rotatable bonds is 3. The van der Waals surface area contributed by atoms with Gasteiger partial charge in [-0.2, -0.15) is 0 Å². The van der Waals surface area contributed by atoms with E-state index in [4.69, 9.17) is 4.74 Å². The number of hydrogen-bond donors (Lipinski definition) is 0. The van der Waals surface area contributed by atoms with Crippen LogP contribution in [0.25, 0.3) is 0 Å².